The number of hydrogen-bond donors (Lipinski definition) is 0. The summed E-state index contributed by atoms with van der Waals surface area (Å²) in [5, 5.41) is 0. The Hall–Kier alpha value is -5.08. The second-order valence-electron chi connectivity index (χ2n) is 15.5. The van der Waals surface area contributed by atoms with Crippen molar-refractivity contribution in [2.24, 2.45) is 0 Å². The van der Waals surface area contributed by atoms with E-state index in [9.17, 15) is 0 Å². The van der Waals surface area contributed by atoms with Crippen molar-refractivity contribution in [3.63, 3.8) is 0 Å². The molecule has 0 fully saturated rings. The Labute approximate surface area is 336 Å². The van der Waals surface area contributed by atoms with Gasteiger partial charge < -0.3 is 9.47 Å². The van der Waals surface area contributed by atoms with Gasteiger partial charge in [0.1, 0.15) is 11.5 Å². The highest BCUT2D eigenvalue weighted by molar-refractivity contribution is 5.33. The molecule has 0 aliphatic rings. The van der Waals surface area contributed by atoms with E-state index >= 15 is 0 Å². The molecule has 0 bridgehead atoms. The maximum atomic E-state index is 5.08. The van der Waals surface area contributed by atoms with Gasteiger partial charge in [0.05, 0.1) is 14.2 Å². The molecule has 2 heteroatoms. The zero-order valence-corrected chi connectivity index (χ0v) is 36.8. The third-order valence-corrected chi connectivity index (χ3v) is 8.51. The molecule has 6 aromatic rings. The molecule has 0 amide bonds. The molecule has 55 heavy (non-hydrogen) atoms. The Morgan fingerprint density at radius 3 is 1.00 bits per heavy atom. The lowest BCUT2D eigenvalue weighted by atomic mass is 9.87. The van der Waals surface area contributed by atoms with Crippen molar-refractivity contribution < 1.29 is 9.47 Å². The van der Waals surface area contributed by atoms with Gasteiger partial charge in [-0.15, -0.1) is 0 Å². The molecule has 294 valence electrons. The SMILES string of the molecule is COc1cc(C)cc(C)c1.COc1ccc(C)cc1.Cc1ccc(C(C)(C)C)cc1.Cc1ccc(C(C)C)cc1.Cc1ccc(C)cc1.Cc1ccccc1. The van der Waals surface area contributed by atoms with Crippen molar-refractivity contribution in [2.75, 3.05) is 14.2 Å². The predicted octanol–water partition coefficient (Wildman–Crippen LogP) is 15.0. The normalized spacial score (nSPS) is 9.89. The van der Waals surface area contributed by atoms with Gasteiger partial charge in [-0.1, -0.05) is 189 Å². The average molecular weight is 739 g/mol. The lowest BCUT2D eigenvalue weighted by molar-refractivity contribution is 0.414. The Morgan fingerprint density at radius 1 is 0.364 bits per heavy atom. The summed E-state index contributed by atoms with van der Waals surface area (Å²) in [6.45, 7) is 27.8. The fourth-order valence-corrected chi connectivity index (χ4v) is 4.90. The summed E-state index contributed by atoms with van der Waals surface area (Å²) >= 11 is 0. The van der Waals surface area contributed by atoms with Crippen molar-refractivity contribution >= 4 is 0 Å². The first kappa shape index (κ1) is 47.9. The third-order valence-electron chi connectivity index (χ3n) is 8.51. The minimum absolute atomic E-state index is 0.285. The molecule has 2 nitrogen and oxygen atoms in total. The number of methoxy groups -OCH3 is 2. The van der Waals surface area contributed by atoms with E-state index in [1.807, 2.05) is 54.6 Å². The van der Waals surface area contributed by atoms with Gasteiger partial charge in [-0.2, -0.15) is 0 Å². The number of benzene rings is 6. The summed E-state index contributed by atoms with van der Waals surface area (Å²) in [4.78, 5) is 0. The van der Waals surface area contributed by atoms with Gasteiger partial charge >= 0.3 is 0 Å². The predicted molar refractivity (Wildman–Crippen MR) is 242 cm³/mol. The van der Waals surface area contributed by atoms with E-state index in [1.165, 1.54) is 55.6 Å². The summed E-state index contributed by atoms with van der Waals surface area (Å²) < 4.78 is 10.0. The van der Waals surface area contributed by atoms with Gasteiger partial charge in [0, 0.05) is 0 Å². The van der Waals surface area contributed by atoms with Crippen molar-refractivity contribution in [1.29, 1.82) is 0 Å². The van der Waals surface area contributed by atoms with Crippen LogP contribution in [0.25, 0.3) is 0 Å². The molecule has 0 N–H and O–H groups in total. The molecule has 6 rings (SSSR count). The van der Waals surface area contributed by atoms with Crippen LogP contribution >= 0.6 is 0 Å². The summed E-state index contributed by atoms with van der Waals surface area (Å²) in [5.41, 5.74) is 13.5. The van der Waals surface area contributed by atoms with Crippen molar-refractivity contribution in [3.8, 4) is 11.5 Å². The van der Waals surface area contributed by atoms with Crippen molar-refractivity contribution in [2.45, 2.75) is 101 Å². The van der Waals surface area contributed by atoms with Crippen LogP contribution in [0, 0.1) is 55.4 Å². The Morgan fingerprint density at radius 2 is 0.691 bits per heavy atom. The van der Waals surface area contributed by atoms with Crippen LogP contribution in [-0.4, -0.2) is 14.2 Å². The van der Waals surface area contributed by atoms with Crippen LogP contribution in [0.1, 0.15) is 96.2 Å². The zero-order chi connectivity index (χ0) is 41.4. The molecule has 0 heterocycles. The quantitative estimate of drug-likeness (QED) is 0.180. The largest absolute Gasteiger partial charge is 0.497 e. The highest BCUT2D eigenvalue weighted by Crippen LogP contribution is 2.22. The molecule has 0 spiro atoms. The summed E-state index contributed by atoms with van der Waals surface area (Å²) in [5.74, 6) is 2.51. The van der Waals surface area contributed by atoms with E-state index in [2.05, 4.69) is 181 Å². The first-order chi connectivity index (χ1) is 25.9. The van der Waals surface area contributed by atoms with Gasteiger partial charge in [-0.05, 0) is 113 Å². The number of rotatable bonds is 3. The first-order valence-corrected chi connectivity index (χ1v) is 19.3. The molecule has 0 aliphatic carbocycles. The van der Waals surface area contributed by atoms with E-state index in [4.69, 9.17) is 9.47 Å². The van der Waals surface area contributed by atoms with E-state index in [1.54, 1.807) is 14.2 Å². The maximum Gasteiger partial charge on any atom is 0.119 e. The Balaban J connectivity index is 0.000000332. The fraction of sp³-hybridized carbons (Fsp3) is 0.321. The molecule has 0 unspecified atom stereocenters. The monoisotopic (exact) mass is 739 g/mol. The third kappa shape index (κ3) is 22.7. The summed E-state index contributed by atoms with van der Waals surface area (Å²) in [7, 11) is 3.36. The second-order valence-corrected chi connectivity index (χ2v) is 15.5. The van der Waals surface area contributed by atoms with Gasteiger partial charge in [0.25, 0.3) is 0 Å². The molecule has 6 aromatic carbocycles. The Bertz CT molecular complexity index is 1800. The van der Waals surface area contributed by atoms with Crippen LogP contribution in [0.15, 0.2) is 146 Å². The standard InChI is InChI=1S/C11H16.C10H14.C9H12O.C8H10O.C8H10.C7H8/c1-9-5-7-10(8-6-9)11(2,3)4;1-8(2)10-6-4-9(3)5-7-10;1-7-4-8(2)6-9(5-7)10-3;1-7-3-5-8(9-2)6-4-7;1-7-3-5-8(2)6-4-7;1-7-5-3-2-4-6-7/h5-8H,1-4H3;4-8H,1-3H3;4-6H,1-3H3;3-6H,1-2H3;3-6H,1-2H3;2-6H,1H3. The number of ether oxygens (including phenoxy) is 2. The lowest BCUT2D eigenvalue weighted by Gasteiger charge is -2.18. The second kappa shape index (κ2) is 25.9. The molecule has 0 atom stereocenters. The molecule has 0 aliphatic heterocycles. The van der Waals surface area contributed by atoms with Gasteiger partial charge in [0.2, 0.25) is 0 Å². The van der Waals surface area contributed by atoms with Crippen molar-refractivity contribution in [1.82, 2.24) is 0 Å². The molecular weight excluding hydrogens is 669 g/mol. The average Bonchev–Trinajstić information content (AvgIpc) is 3.14. The van der Waals surface area contributed by atoms with Crippen LogP contribution in [-0.2, 0) is 5.41 Å². The van der Waals surface area contributed by atoms with Crippen molar-refractivity contribution in [3.05, 3.63) is 201 Å². The van der Waals surface area contributed by atoms with Crippen LogP contribution in [0.3, 0.4) is 0 Å². The van der Waals surface area contributed by atoms with Crippen LogP contribution in [0.5, 0.6) is 11.5 Å². The van der Waals surface area contributed by atoms with Gasteiger partial charge in [-0.3, -0.25) is 0 Å². The Kier molecular flexibility index (Phi) is 22.5. The minimum Gasteiger partial charge on any atom is -0.497 e. The highest BCUT2D eigenvalue weighted by Gasteiger charge is 2.11. The summed E-state index contributed by atoms with van der Waals surface area (Å²) in [6.07, 6.45) is 0. The molecule has 0 aromatic heterocycles. The molecule has 0 saturated heterocycles. The van der Waals surface area contributed by atoms with E-state index in [0.29, 0.717) is 5.92 Å². The van der Waals surface area contributed by atoms with E-state index in [0.717, 1.165) is 11.5 Å². The topological polar surface area (TPSA) is 18.5 Å². The van der Waals surface area contributed by atoms with Crippen LogP contribution in [0.2, 0.25) is 0 Å². The number of aryl methyl sites for hydroxylation is 8. The maximum absolute atomic E-state index is 5.08. The zero-order valence-electron chi connectivity index (χ0n) is 36.8. The summed E-state index contributed by atoms with van der Waals surface area (Å²) in [6, 6.07) is 50.3. The lowest BCUT2D eigenvalue weighted by Crippen LogP contribution is -2.10. The fourth-order valence-electron chi connectivity index (χ4n) is 4.90. The molecule has 0 radical (unpaired) electrons. The van der Waals surface area contributed by atoms with E-state index in [-0.39, 0.29) is 5.41 Å². The van der Waals surface area contributed by atoms with E-state index < -0.39 is 0 Å². The van der Waals surface area contributed by atoms with Gasteiger partial charge in [0.15, 0.2) is 0 Å². The molecule has 0 saturated carbocycles. The first-order valence-electron chi connectivity index (χ1n) is 19.3. The highest BCUT2D eigenvalue weighted by atomic mass is 16.5. The smallest absolute Gasteiger partial charge is 0.119 e. The van der Waals surface area contributed by atoms with Gasteiger partial charge in [-0.25, -0.2) is 0 Å². The molecular formula is C53H70O2. The minimum atomic E-state index is 0.285. The van der Waals surface area contributed by atoms with Crippen LogP contribution < -0.4 is 9.47 Å². The number of hydrogen-bond acceptors (Lipinski definition) is 2. The van der Waals surface area contributed by atoms with Crippen LogP contribution in [0.4, 0.5) is 0 Å².